The van der Waals surface area contributed by atoms with Gasteiger partial charge in [0.1, 0.15) is 0 Å². The summed E-state index contributed by atoms with van der Waals surface area (Å²) < 4.78 is 6.16. The molecule has 1 unspecified atom stereocenters. The molecular formula is C18H29NO. The van der Waals surface area contributed by atoms with Gasteiger partial charge in [-0.2, -0.15) is 0 Å². The lowest BCUT2D eigenvalue weighted by Crippen LogP contribution is -2.28. The Labute approximate surface area is 123 Å². The molecule has 0 amide bonds. The summed E-state index contributed by atoms with van der Waals surface area (Å²) in [6.45, 7) is 8.28. The standard InChI is InChI=1S/C18H29NO/c1-4-19-18(13-20-17-8-6-5-7-9-17)16-11-10-14(2)15(3)12-16/h10-12,17-19H,4-9,13H2,1-3H3. The van der Waals surface area contributed by atoms with Crippen molar-refractivity contribution in [3.63, 3.8) is 0 Å². The maximum atomic E-state index is 6.16. The second kappa shape index (κ2) is 7.80. The Bertz CT molecular complexity index is 410. The highest BCUT2D eigenvalue weighted by atomic mass is 16.5. The first-order chi connectivity index (χ1) is 9.70. The zero-order valence-corrected chi connectivity index (χ0v) is 13.2. The molecule has 0 saturated heterocycles. The minimum atomic E-state index is 0.321. The van der Waals surface area contributed by atoms with Crippen LogP contribution in [0.5, 0.6) is 0 Å². The van der Waals surface area contributed by atoms with Crippen LogP contribution in [0, 0.1) is 13.8 Å². The molecule has 2 nitrogen and oxygen atoms in total. The molecule has 1 aromatic carbocycles. The first-order valence-electron chi connectivity index (χ1n) is 8.13. The first-order valence-corrected chi connectivity index (χ1v) is 8.13. The number of aryl methyl sites for hydroxylation is 2. The number of benzene rings is 1. The summed E-state index contributed by atoms with van der Waals surface area (Å²) in [5.41, 5.74) is 4.08. The van der Waals surface area contributed by atoms with Gasteiger partial charge < -0.3 is 10.1 Å². The summed E-state index contributed by atoms with van der Waals surface area (Å²) in [6, 6.07) is 7.07. The van der Waals surface area contributed by atoms with Crippen molar-refractivity contribution in [2.45, 2.75) is 65.0 Å². The molecule has 2 rings (SSSR count). The summed E-state index contributed by atoms with van der Waals surface area (Å²) in [5.74, 6) is 0. The molecule has 1 fully saturated rings. The Morgan fingerprint density at radius 2 is 1.90 bits per heavy atom. The van der Waals surface area contributed by atoms with E-state index >= 15 is 0 Å². The average Bonchev–Trinajstić information content (AvgIpc) is 2.47. The van der Waals surface area contributed by atoms with Gasteiger partial charge in [-0.15, -0.1) is 0 Å². The van der Waals surface area contributed by atoms with Gasteiger partial charge in [-0.05, 0) is 49.9 Å². The van der Waals surface area contributed by atoms with E-state index in [0.29, 0.717) is 12.1 Å². The van der Waals surface area contributed by atoms with E-state index in [1.807, 2.05) is 0 Å². The fraction of sp³-hybridized carbons (Fsp3) is 0.667. The third-order valence-corrected chi connectivity index (χ3v) is 4.43. The van der Waals surface area contributed by atoms with Crippen LogP contribution in [0.15, 0.2) is 18.2 Å². The molecule has 0 heterocycles. The van der Waals surface area contributed by atoms with Crippen LogP contribution in [-0.2, 0) is 4.74 Å². The summed E-state index contributed by atoms with van der Waals surface area (Å²) in [6.07, 6.45) is 7.02. The molecule has 0 bridgehead atoms. The maximum absolute atomic E-state index is 6.16. The molecule has 2 heteroatoms. The van der Waals surface area contributed by atoms with Gasteiger partial charge in [0.2, 0.25) is 0 Å². The minimum Gasteiger partial charge on any atom is -0.376 e. The van der Waals surface area contributed by atoms with Crippen molar-refractivity contribution < 1.29 is 4.74 Å². The van der Waals surface area contributed by atoms with E-state index in [1.54, 1.807) is 0 Å². The smallest absolute Gasteiger partial charge is 0.0665 e. The zero-order chi connectivity index (χ0) is 14.4. The van der Waals surface area contributed by atoms with Crippen LogP contribution in [0.4, 0.5) is 0 Å². The van der Waals surface area contributed by atoms with E-state index in [1.165, 1.54) is 48.8 Å². The Kier molecular flexibility index (Phi) is 6.06. The maximum Gasteiger partial charge on any atom is 0.0665 e. The van der Waals surface area contributed by atoms with Gasteiger partial charge in [-0.25, -0.2) is 0 Å². The Balaban J connectivity index is 1.96. The predicted molar refractivity (Wildman–Crippen MR) is 85.2 cm³/mol. The van der Waals surface area contributed by atoms with Gasteiger partial charge in [-0.1, -0.05) is 44.4 Å². The summed E-state index contributed by atoms with van der Waals surface area (Å²) in [4.78, 5) is 0. The van der Waals surface area contributed by atoms with Crippen LogP contribution < -0.4 is 5.32 Å². The van der Waals surface area contributed by atoms with Gasteiger partial charge >= 0.3 is 0 Å². The van der Waals surface area contributed by atoms with Crippen LogP contribution in [0.25, 0.3) is 0 Å². The van der Waals surface area contributed by atoms with E-state index < -0.39 is 0 Å². The Morgan fingerprint density at radius 1 is 1.15 bits per heavy atom. The molecule has 20 heavy (non-hydrogen) atoms. The number of nitrogens with one attached hydrogen (secondary N) is 1. The highest BCUT2D eigenvalue weighted by molar-refractivity contribution is 5.31. The number of hydrogen-bond acceptors (Lipinski definition) is 2. The van der Waals surface area contributed by atoms with E-state index in [2.05, 4.69) is 44.3 Å². The molecule has 1 aliphatic rings. The highest BCUT2D eigenvalue weighted by Gasteiger charge is 2.17. The summed E-state index contributed by atoms with van der Waals surface area (Å²) in [7, 11) is 0. The lowest BCUT2D eigenvalue weighted by molar-refractivity contribution is 0.0157. The highest BCUT2D eigenvalue weighted by Crippen LogP contribution is 2.23. The van der Waals surface area contributed by atoms with Crippen molar-refractivity contribution in [1.29, 1.82) is 0 Å². The van der Waals surface area contributed by atoms with Crippen LogP contribution in [0.1, 0.15) is 61.8 Å². The number of rotatable bonds is 6. The predicted octanol–water partition coefficient (Wildman–Crippen LogP) is 4.30. The Morgan fingerprint density at radius 3 is 2.55 bits per heavy atom. The quantitative estimate of drug-likeness (QED) is 0.835. The van der Waals surface area contributed by atoms with Crippen molar-refractivity contribution >= 4 is 0 Å². The van der Waals surface area contributed by atoms with Crippen LogP contribution in [0.3, 0.4) is 0 Å². The van der Waals surface area contributed by atoms with Gasteiger partial charge in [0.05, 0.1) is 18.8 Å². The van der Waals surface area contributed by atoms with Crippen LogP contribution in [0.2, 0.25) is 0 Å². The number of ether oxygens (including phenoxy) is 1. The van der Waals surface area contributed by atoms with Gasteiger partial charge in [0.25, 0.3) is 0 Å². The van der Waals surface area contributed by atoms with Crippen LogP contribution in [-0.4, -0.2) is 19.3 Å². The number of likely N-dealkylation sites (N-methyl/N-ethyl adjacent to an activating group) is 1. The number of hydrogen-bond donors (Lipinski definition) is 1. The zero-order valence-electron chi connectivity index (χ0n) is 13.2. The van der Waals surface area contributed by atoms with E-state index in [0.717, 1.165) is 13.2 Å². The molecule has 1 aliphatic carbocycles. The molecule has 0 radical (unpaired) electrons. The van der Waals surface area contributed by atoms with E-state index in [9.17, 15) is 0 Å². The largest absolute Gasteiger partial charge is 0.376 e. The fourth-order valence-corrected chi connectivity index (χ4v) is 2.96. The normalized spacial score (nSPS) is 18.1. The molecule has 0 aromatic heterocycles. The van der Waals surface area contributed by atoms with Crippen molar-refractivity contribution in [2.24, 2.45) is 0 Å². The molecule has 0 aliphatic heterocycles. The molecule has 1 saturated carbocycles. The summed E-state index contributed by atoms with van der Waals surface area (Å²) in [5, 5.41) is 3.56. The molecular weight excluding hydrogens is 246 g/mol. The molecule has 1 atom stereocenters. The third kappa shape index (κ3) is 4.32. The van der Waals surface area contributed by atoms with Crippen molar-refractivity contribution in [3.8, 4) is 0 Å². The van der Waals surface area contributed by atoms with Crippen molar-refractivity contribution in [2.75, 3.05) is 13.2 Å². The Hall–Kier alpha value is -0.860. The van der Waals surface area contributed by atoms with Crippen molar-refractivity contribution in [3.05, 3.63) is 34.9 Å². The molecule has 0 spiro atoms. The van der Waals surface area contributed by atoms with Crippen LogP contribution >= 0.6 is 0 Å². The topological polar surface area (TPSA) is 21.3 Å². The fourth-order valence-electron chi connectivity index (χ4n) is 2.96. The first kappa shape index (κ1) is 15.5. The van der Waals surface area contributed by atoms with Gasteiger partial charge in [0, 0.05) is 0 Å². The monoisotopic (exact) mass is 275 g/mol. The molecule has 1 aromatic rings. The molecule has 1 N–H and O–H groups in total. The lowest BCUT2D eigenvalue weighted by Gasteiger charge is -2.26. The third-order valence-electron chi connectivity index (χ3n) is 4.43. The van der Waals surface area contributed by atoms with Gasteiger partial charge in [0.15, 0.2) is 0 Å². The minimum absolute atomic E-state index is 0.321. The van der Waals surface area contributed by atoms with E-state index in [-0.39, 0.29) is 0 Å². The lowest BCUT2D eigenvalue weighted by atomic mass is 9.97. The SMILES string of the molecule is CCNC(COC1CCCCC1)c1ccc(C)c(C)c1. The van der Waals surface area contributed by atoms with Crippen molar-refractivity contribution in [1.82, 2.24) is 5.32 Å². The second-order valence-electron chi connectivity index (χ2n) is 6.05. The molecule has 112 valence electrons. The van der Waals surface area contributed by atoms with Gasteiger partial charge in [-0.3, -0.25) is 0 Å². The summed E-state index contributed by atoms with van der Waals surface area (Å²) >= 11 is 0. The van der Waals surface area contributed by atoms with E-state index in [4.69, 9.17) is 4.74 Å². The average molecular weight is 275 g/mol. The second-order valence-corrected chi connectivity index (χ2v) is 6.05.